The van der Waals surface area contributed by atoms with Gasteiger partial charge in [0.2, 0.25) is 0 Å². The van der Waals surface area contributed by atoms with Crippen LogP contribution in [-0.4, -0.2) is 59.5 Å². The van der Waals surface area contributed by atoms with Gasteiger partial charge in [-0.25, -0.2) is 0 Å². The van der Waals surface area contributed by atoms with E-state index in [4.69, 9.17) is 0 Å². The number of amides is 2. The molecule has 1 fully saturated rings. The lowest BCUT2D eigenvalue weighted by molar-refractivity contribution is -0.359. The molecule has 2 aromatic heterocycles. The third-order valence-corrected chi connectivity index (χ3v) is 9.60. The Morgan fingerprint density at radius 1 is 0.722 bits per heavy atom. The number of rotatable bonds is 10. The predicted molar refractivity (Wildman–Crippen MR) is 137 cm³/mol. The van der Waals surface area contributed by atoms with E-state index in [0.29, 0.717) is 29.5 Å². The van der Waals surface area contributed by atoms with Gasteiger partial charge in [0.25, 0.3) is 11.8 Å². The summed E-state index contributed by atoms with van der Waals surface area (Å²) in [7, 11) is 0. The summed E-state index contributed by atoms with van der Waals surface area (Å²) in [5, 5.41) is 5.69. The lowest BCUT2D eigenvalue weighted by Crippen LogP contribution is -3.00. The van der Waals surface area contributed by atoms with Crippen molar-refractivity contribution >= 4 is 87.1 Å². The molecule has 0 aromatic carbocycles. The number of aromatic nitrogens is 2. The first-order valence-electron chi connectivity index (χ1n) is 10.4. The molecule has 10 N–H and O–H groups in total. The number of H-pyrrole nitrogens is 2. The Hall–Kier alpha value is -0.740. The molecule has 16 heteroatoms. The molecule has 0 bridgehead atoms. The minimum Gasteiger partial charge on any atom is -1.00 e. The van der Waals surface area contributed by atoms with Gasteiger partial charge in [-0.05, 0) is 87.7 Å². The molecule has 4 atom stereocenters. The topological polar surface area (TPSA) is 179 Å². The van der Waals surface area contributed by atoms with E-state index in [1.807, 2.05) is 0 Å². The standard InChI is InChI=1S/C20H22Br4N6O4.2ClH/c21-9-1-11(29-17(9)23)19(33)27-5-7-8(16(14(32)4-26)15(7)13(31)3-25)6-28-20(34)12-2-10(22)18(24)30-12;;/h1-2,7-8,15-16,29-30H,3-6,25-26H2,(H,27,33)(H,28,34);2*1H/t7-,8-,15-,16-;;/m1../s1. The SMILES string of the molecule is [Cl-].[Cl-].[NH3+]CC(=O)[C@H]1[C@H](CNC(=O)c2cc(Br)c(Br)[nH]2)[C@@H](CNC(=O)c2cc(Br)c(Br)[nH]2)[C@@H]1C(=O)C[NH3+]. The molecule has 200 valence electrons. The Labute approximate surface area is 252 Å². The van der Waals surface area contributed by atoms with E-state index in [9.17, 15) is 19.2 Å². The smallest absolute Gasteiger partial charge is 0.267 e. The number of hydrogen-bond acceptors (Lipinski definition) is 4. The van der Waals surface area contributed by atoms with E-state index in [1.54, 1.807) is 12.1 Å². The normalized spacial score (nSPS) is 20.4. The quantitative estimate of drug-likeness (QED) is 0.141. The van der Waals surface area contributed by atoms with Crippen molar-refractivity contribution in [1.29, 1.82) is 0 Å². The van der Waals surface area contributed by atoms with E-state index in [2.05, 4.69) is 95.8 Å². The molecular formula is C20H24Br4Cl2N6O4. The van der Waals surface area contributed by atoms with Gasteiger partial charge in [-0.1, -0.05) is 0 Å². The molecule has 2 aromatic rings. The number of nitrogens with one attached hydrogen (secondary N) is 4. The third kappa shape index (κ3) is 7.22. The van der Waals surface area contributed by atoms with E-state index >= 15 is 0 Å². The van der Waals surface area contributed by atoms with E-state index < -0.39 is 11.8 Å². The highest BCUT2D eigenvalue weighted by atomic mass is 79.9. The van der Waals surface area contributed by atoms with Gasteiger partial charge in [-0.2, -0.15) is 0 Å². The lowest BCUT2D eigenvalue weighted by atomic mass is 9.53. The van der Waals surface area contributed by atoms with Crippen LogP contribution in [0, 0.1) is 23.7 Å². The van der Waals surface area contributed by atoms with E-state index in [-0.39, 0.29) is 86.2 Å². The number of halogens is 6. The van der Waals surface area contributed by atoms with Crippen LogP contribution in [0.3, 0.4) is 0 Å². The number of ketones is 2. The fourth-order valence-electron chi connectivity index (χ4n) is 4.35. The van der Waals surface area contributed by atoms with Gasteiger partial charge in [0.15, 0.2) is 11.6 Å². The first kappa shape index (κ1) is 33.3. The fourth-order valence-corrected chi connectivity index (χ4v) is 5.66. The molecule has 1 aliphatic rings. The maximum atomic E-state index is 12.7. The van der Waals surface area contributed by atoms with Crippen LogP contribution in [0.1, 0.15) is 21.0 Å². The molecule has 2 heterocycles. The minimum atomic E-state index is -0.579. The number of carbonyl (C=O) groups excluding carboxylic acids is 4. The van der Waals surface area contributed by atoms with Crippen LogP contribution in [0.15, 0.2) is 30.3 Å². The molecule has 10 nitrogen and oxygen atoms in total. The molecule has 0 spiro atoms. The highest BCUT2D eigenvalue weighted by Crippen LogP contribution is 2.46. The average molecular weight is 803 g/mol. The van der Waals surface area contributed by atoms with Crippen LogP contribution in [0.25, 0.3) is 0 Å². The Morgan fingerprint density at radius 2 is 1.06 bits per heavy atom. The Balaban J connectivity index is 0.00000324. The molecule has 1 saturated carbocycles. The fraction of sp³-hybridized carbons (Fsp3) is 0.400. The molecule has 3 rings (SSSR count). The van der Waals surface area contributed by atoms with E-state index in [0.717, 1.165) is 0 Å². The predicted octanol–water partition coefficient (Wildman–Crippen LogP) is -5.34. The zero-order valence-electron chi connectivity index (χ0n) is 18.6. The summed E-state index contributed by atoms with van der Waals surface area (Å²) in [6.45, 7) is 0.418. The summed E-state index contributed by atoms with van der Waals surface area (Å²) < 4.78 is 2.68. The highest BCUT2D eigenvalue weighted by molar-refractivity contribution is 9.13. The van der Waals surface area contributed by atoms with Crippen LogP contribution >= 0.6 is 63.7 Å². The number of hydrogen-bond donors (Lipinski definition) is 6. The van der Waals surface area contributed by atoms with Crippen molar-refractivity contribution in [2.45, 2.75) is 0 Å². The summed E-state index contributed by atoms with van der Waals surface area (Å²) in [5.41, 5.74) is 8.06. The Bertz CT molecular complexity index is 1000. The zero-order valence-corrected chi connectivity index (χ0v) is 26.5. The minimum absolute atomic E-state index is 0. The summed E-state index contributed by atoms with van der Waals surface area (Å²) in [4.78, 5) is 56.4. The number of aromatic amines is 2. The van der Waals surface area contributed by atoms with Crippen molar-refractivity contribution in [2.75, 3.05) is 26.2 Å². The van der Waals surface area contributed by atoms with Gasteiger partial charge in [-0.3, -0.25) is 19.2 Å². The molecular weight excluding hydrogens is 779 g/mol. The molecule has 0 aliphatic heterocycles. The first-order valence-corrected chi connectivity index (χ1v) is 13.5. The first-order chi connectivity index (χ1) is 16.1. The number of carbonyl (C=O) groups is 4. The second-order valence-electron chi connectivity index (χ2n) is 7.92. The second-order valence-corrected chi connectivity index (χ2v) is 11.2. The monoisotopic (exact) mass is 798 g/mol. The van der Waals surface area contributed by atoms with Crippen LogP contribution in [0.4, 0.5) is 0 Å². The molecule has 0 saturated heterocycles. The van der Waals surface area contributed by atoms with Crippen LogP contribution in [-0.2, 0) is 9.59 Å². The summed E-state index contributed by atoms with van der Waals surface area (Å²) in [5.74, 6) is -2.79. The van der Waals surface area contributed by atoms with Gasteiger partial charge >= 0.3 is 0 Å². The summed E-state index contributed by atoms with van der Waals surface area (Å²) in [6.07, 6.45) is 0. The van der Waals surface area contributed by atoms with Gasteiger partial charge in [0.1, 0.15) is 24.5 Å². The van der Waals surface area contributed by atoms with E-state index in [1.165, 1.54) is 0 Å². The molecule has 1 aliphatic carbocycles. The van der Waals surface area contributed by atoms with Crippen molar-refractivity contribution in [3.63, 3.8) is 0 Å². The molecule has 0 radical (unpaired) electrons. The number of Topliss-reactive ketones (excluding diaryl/α,β-unsaturated/α-hetero) is 2. The average Bonchev–Trinajstić information content (AvgIpc) is 3.32. The van der Waals surface area contributed by atoms with Crippen molar-refractivity contribution in [3.8, 4) is 0 Å². The molecule has 2 amide bonds. The molecule has 0 unspecified atom stereocenters. The Morgan fingerprint density at radius 3 is 1.31 bits per heavy atom. The van der Waals surface area contributed by atoms with Gasteiger partial charge < -0.3 is 56.9 Å². The van der Waals surface area contributed by atoms with Crippen LogP contribution in [0.2, 0.25) is 0 Å². The largest absolute Gasteiger partial charge is 1.00 e. The summed E-state index contributed by atoms with van der Waals surface area (Å²) >= 11 is 13.3. The van der Waals surface area contributed by atoms with Crippen molar-refractivity contribution in [1.82, 2.24) is 20.6 Å². The maximum absolute atomic E-state index is 12.7. The number of quaternary nitrogens is 2. The molecule has 36 heavy (non-hydrogen) atoms. The zero-order chi connectivity index (χ0) is 25.2. The second kappa shape index (κ2) is 14.4. The van der Waals surface area contributed by atoms with Gasteiger partial charge in [0.05, 0.1) is 18.2 Å². The van der Waals surface area contributed by atoms with Crippen molar-refractivity contribution in [2.24, 2.45) is 23.7 Å². The van der Waals surface area contributed by atoms with Crippen LogP contribution < -0.4 is 46.9 Å². The van der Waals surface area contributed by atoms with Gasteiger partial charge in [-0.15, -0.1) is 0 Å². The summed E-state index contributed by atoms with van der Waals surface area (Å²) in [6, 6.07) is 3.27. The third-order valence-electron chi connectivity index (χ3n) is 6.03. The maximum Gasteiger partial charge on any atom is 0.267 e. The van der Waals surface area contributed by atoms with Gasteiger partial charge in [0, 0.05) is 24.9 Å². The highest BCUT2D eigenvalue weighted by Gasteiger charge is 2.56. The van der Waals surface area contributed by atoms with Crippen LogP contribution in [0.5, 0.6) is 0 Å². The lowest BCUT2D eigenvalue weighted by Gasteiger charge is -2.50. The Kier molecular flexibility index (Phi) is 13.3. The van der Waals surface area contributed by atoms with Crippen molar-refractivity contribution < 1.29 is 55.5 Å². The van der Waals surface area contributed by atoms with Crippen molar-refractivity contribution in [3.05, 3.63) is 41.7 Å².